The number of phenols is 1. The molecule has 10 heteroatoms. The van der Waals surface area contributed by atoms with Gasteiger partial charge in [0.05, 0.1) is 13.2 Å². The smallest absolute Gasteiger partial charge is 0.410 e. The Hall–Kier alpha value is -5.25. The second-order valence-corrected chi connectivity index (χ2v) is 12.5. The number of phenolic OH excluding ortho intramolecular Hbond substituents is 1. The number of nitrogens with zero attached hydrogens (tertiary/aromatic N) is 1. The van der Waals surface area contributed by atoms with Crippen LogP contribution in [0.5, 0.6) is 17.2 Å². The van der Waals surface area contributed by atoms with Crippen molar-refractivity contribution in [1.29, 1.82) is 0 Å². The highest BCUT2D eigenvalue weighted by molar-refractivity contribution is 5.99. The van der Waals surface area contributed by atoms with Crippen LogP contribution in [0.2, 0.25) is 0 Å². The van der Waals surface area contributed by atoms with Crippen molar-refractivity contribution in [3.63, 3.8) is 0 Å². The molecule has 0 aliphatic carbocycles. The average Bonchev–Trinajstić information content (AvgIpc) is 3.25. The van der Waals surface area contributed by atoms with Gasteiger partial charge in [0.15, 0.2) is 0 Å². The quantitative estimate of drug-likeness (QED) is 0.210. The van der Waals surface area contributed by atoms with Gasteiger partial charge in [0.1, 0.15) is 41.1 Å². The summed E-state index contributed by atoms with van der Waals surface area (Å²) in [7, 11) is 1.58. The lowest BCUT2D eigenvalue weighted by molar-refractivity contribution is 0.0125. The number of benzene rings is 4. The number of carbonyl (C=O) groups is 3. The monoisotopic (exact) mass is 640 g/mol. The maximum atomic E-state index is 14.0. The van der Waals surface area contributed by atoms with Gasteiger partial charge >= 0.3 is 12.1 Å². The van der Waals surface area contributed by atoms with Gasteiger partial charge in [-0.25, -0.2) is 9.59 Å². The summed E-state index contributed by atoms with van der Waals surface area (Å²) < 4.78 is 23.4. The summed E-state index contributed by atoms with van der Waals surface area (Å²) in [5.41, 5.74) is 0.749. The highest BCUT2D eigenvalue weighted by atomic mass is 16.6. The molecule has 2 amide bonds. The van der Waals surface area contributed by atoms with Crippen LogP contribution >= 0.6 is 0 Å². The number of methoxy groups -OCH3 is 1. The minimum absolute atomic E-state index is 0.0252. The van der Waals surface area contributed by atoms with Gasteiger partial charge in [0.25, 0.3) is 5.91 Å². The first kappa shape index (κ1) is 33.1. The van der Waals surface area contributed by atoms with Gasteiger partial charge < -0.3 is 34.3 Å². The number of hydrogen-bond acceptors (Lipinski definition) is 8. The van der Waals surface area contributed by atoms with Crippen molar-refractivity contribution in [2.24, 2.45) is 0 Å². The van der Waals surface area contributed by atoms with E-state index in [0.29, 0.717) is 36.4 Å². The molecule has 4 aromatic carbocycles. The standard InChI is InChI=1S/C37H40N2O8/c1-37(2,3)47-36(43)39-18-8-11-32(31(22-39)38-34(41)25-12-15-28(40)16-13-25)46-35(42)30-20-27-19-29(44-4)17-14-26(27)21-33(30)45-23-24-9-6-5-7-10-24/h5-7,9-10,12-17,19-21,31-32,40H,8,11,18,22-23H2,1-4H3,(H,38,41)/t31-,32-/m1/s1. The summed E-state index contributed by atoms with van der Waals surface area (Å²) in [5, 5.41) is 14.3. The van der Waals surface area contributed by atoms with Gasteiger partial charge in [0, 0.05) is 18.7 Å². The number of likely N-dealkylation sites (tertiary alicyclic amines) is 1. The van der Waals surface area contributed by atoms with Crippen LogP contribution < -0.4 is 14.8 Å². The van der Waals surface area contributed by atoms with Crippen LogP contribution in [-0.4, -0.2) is 65.9 Å². The molecular formula is C37H40N2O8. The molecule has 0 bridgehead atoms. The summed E-state index contributed by atoms with van der Waals surface area (Å²) in [6, 6.07) is 23.8. The van der Waals surface area contributed by atoms with Crippen molar-refractivity contribution >= 4 is 28.7 Å². The van der Waals surface area contributed by atoms with Crippen LogP contribution in [0.1, 0.15) is 59.9 Å². The predicted octanol–water partition coefficient (Wildman–Crippen LogP) is 6.49. The number of rotatable bonds is 8. The lowest BCUT2D eigenvalue weighted by atomic mass is 10.0. The Bertz CT molecular complexity index is 1720. The Labute approximate surface area is 274 Å². The van der Waals surface area contributed by atoms with E-state index in [4.69, 9.17) is 18.9 Å². The summed E-state index contributed by atoms with van der Waals surface area (Å²) in [6.07, 6.45) is -0.408. The Morgan fingerprint density at radius 3 is 2.38 bits per heavy atom. The third-order valence-electron chi connectivity index (χ3n) is 7.74. The molecule has 4 aromatic rings. The molecule has 1 aliphatic rings. The summed E-state index contributed by atoms with van der Waals surface area (Å²) in [6.45, 7) is 6.01. The number of fused-ring (bicyclic) bond motifs is 1. The zero-order chi connectivity index (χ0) is 33.6. The molecule has 1 aliphatic heterocycles. The third-order valence-corrected chi connectivity index (χ3v) is 7.74. The molecule has 1 heterocycles. The van der Waals surface area contributed by atoms with E-state index in [2.05, 4.69) is 5.32 Å². The molecule has 1 saturated heterocycles. The molecule has 2 atom stereocenters. The molecule has 1 fully saturated rings. The van der Waals surface area contributed by atoms with Crippen molar-refractivity contribution in [3.8, 4) is 17.2 Å². The molecule has 0 radical (unpaired) electrons. The molecule has 0 saturated carbocycles. The first-order chi connectivity index (χ1) is 22.5. The lowest BCUT2D eigenvalue weighted by Gasteiger charge is -2.30. The largest absolute Gasteiger partial charge is 0.508 e. The Morgan fingerprint density at radius 1 is 0.936 bits per heavy atom. The summed E-state index contributed by atoms with van der Waals surface area (Å²) >= 11 is 0. The fourth-order valence-electron chi connectivity index (χ4n) is 5.36. The maximum Gasteiger partial charge on any atom is 0.410 e. The fourth-order valence-corrected chi connectivity index (χ4v) is 5.36. The van der Waals surface area contributed by atoms with Crippen LogP contribution in [0.25, 0.3) is 10.8 Å². The Kier molecular flexibility index (Phi) is 10.2. The molecule has 2 N–H and O–H groups in total. The van der Waals surface area contributed by atoms with E-state index in [0.717, 1.165) is 16.3 Å². The highest BCUT2D eigenvalue weighted by Gasteiger charge is 2.35. The zero-order valence-corrected chi connectivity index (χ0v) is 27.0. The van der Waals surface area contributed by atoms with Gasteiger partial charge in [-0.05, 0) is 98.5 Å². The van der Waals surface area contributed by atoms with Crippen LogP contribution in [-0.2, 0) is 16.1 Å². The number of carbonyl (C=O) groups excluding carboxylic acids is 3. The van der Waals surface area contributed by atoms with Crippen LogP contribution in [0.4, 0.5) is 4.79 Å². The minimum atomic E-state index is -0.779. The van der Waals surface area contributed by atoms with Crippen molar-refractivity contribution in [1.82, 2.24) is 10.2 Å². The van der Waals surface area contributed by atoms with Gasteiger partial charge in [-0.15, -0.1) is 0 Å². The van der Waals surface area contributed by atoms with E-state index in [1.54, 1.807) is 40.0 Å². The minimum Gasteiger partial charge on any atom is -0.508 e. The number of amides is 2. The van der Waals surface area contributed by atoms with E-state index < -0.39 is 35.7 Å². The summed E-state index contributed by atoms with van der Waals surface area (Å²) in [5.74, 6) is -0.0515. The topological polar surface area (TPSA) is 124 Å². The molecule has 47 heavy (non-hydrogen) atoms. The van der Waals surface area contributed by atoms with Crippen LogP contribution in [0, 0.1) is 0 Å². The average molecular weight is 641 g/mol. The van der Waals surface area contributed by atoms with E-state index in [-0.39, 0.29) is 24.5 Å². The van der Waals surface area contributed by atoms with Gasteiger partial charge in [-0.2, -0.15) is 0 Å². The molecule has 0 aromatic heterocycles. The SMILES string of the molecule is COc1ccc2cc(OCc3ccccc3)c(C(=O)O[C@@H]3CCCN(C(=O)OC(C)(C)C)C[C@H]3NC(=O)c3ccc(O)cc3)cc2c1. The highest BCUT2D eigenvalue weighted by Crippen LogP contribution is 2.31. The lowest BCUT2D eigenvalue weighted by Crippen LogP contribution is -2.51. The second-order valence-electron chi connectivity index (χ2n) is 12.5. The Morgan fingerprint density at radius 2 is 1.68 bits per heavy atom. The molecule has 0 spiro atoms. The number of aromatic hydroxyl groups is 1. The molecule has 5 rings (SSSR count). The predicted molar refractivity (Wildman–Crippen MR) is 177 cm³/mol. The van der Waals surface area contributed by atoms with Gasteiger partial charge in [0.2, 0.25) is 0 Å². The number of esters is 1. The van der Waals surface area contributed by atoms with Crippen molar-refractivity contribution in [2.45, 2.75) is 58.0 Å². The van der Waals surface area contributed by atoms with Gasteiger partial charge in [-0.1, -0.05) is 36.4 Å². The van der Waals surface area contributed by atoms with Gasteiger partial charge in [-0.3, -0.25) is 4.79 Å². The number of ether oxygens (including phenoxy) is 4. The Balaban J connectivity index is 1.44. The first-order valence-electron chi connectivity index (χ1n) is 15.6. The summed E-state index contributed by atoms with van der Waals surface area (Å²) in [4.78, 5) is 42.0. The molecule has 246 valence electrons. The van der Waals surface area contributed by atoms with Crippen LogP contribution in [0.15, 0.2) is 84.9 Å². The maximum absolute atomic E-state index is 14.0. The van der Waals surface area contributed by atoms with Crippen LogP contribution in [0.3, 0.4) is 0 Å². The van der Waals surface area contributed by atoms with E-state index >= 15 is 0 Å². The zero-order valence-electron chi connectivity index (χ0n) is 27.0. The molecule has 10 nitrogen and oxygen atoms in total. The van der Waals surface area contributed by atoms with Crippen molar-refractivity contribution < 1.29 is 38.4 Å². The number of hydrogen-bond donors (Lipinski definition) is 2. The van der Waals surface area contributed by atoms with Crippen molar-refractivity contribution in [3.05, 3.63) is 102 Å². The van der Waals surface area contributed by atoms with E-state index in [1.165, 1.54) is 29.2 Å². The molecule has 0 unspecified atom stereocenters. The fraction of sp³-hybridized carbons (Fsp3) is 0.324. The third kappa shape index (κ3) is 8.72. The molecular weight excluding hydrogens is 600 g/mol. The van der Waals surface area contributed by atoms with Crippen molar-refractivity contribution in [2.75, 3.05) is 20.2 Å². The van der Waals surface area contributed by atoms with E-state index in [1.807, 2.05) is 48.5 Å². The first-order valence-corrected chi connectivity index (χ1v) is 15.6. The normalized spacial score (nSPS) is 16.6. The second kappa shape index (κ2) is 14.5. The number of nitrogens with one attached hydrogen (secondary N) is 1. The van der Waals surface area contributed by atoms with E-state index in [9.17, 15) is 19.5 Å².